The standard InChI is InChI=1S/C17H20Cl2O2/c1-3-21-16(20)15-13(11-14(18)19)17(15,2)10-9-12-7-5-4-6-8-12/h4-8,11,13,15H,3,9-10H2,1-2H3. The van der Waals surface area contributed by atoms with Crippen LogP contribution in [0, 0.1) is 17.3 Å². The SMILES string of the molecule is CCOC(=O)C1C(C=C(Cl)Cl)C1(C)CCc1ccccc1. The molecule has 21 heavy (non-hydrogen) atoms. The number of ether oxygens (including phenoxy) is 1. The molecule has 0 saturated heterocycles. The van der Waals surface area contributed by atoms with Crippen molar-refractivity contribution in [2.45, 2.75) is 26.7 Å². The van der Waals surface area contributed by atoms with Gasteiger partial charge in [0.05, 0.1) is 12.5 Å². The zero-order chi connectivity index (χ0) is 15.5. The van der Waals surface area contributed by atoms with Crippen LogP contribution in [0.3, 0.4) is 0 Å². The summed E-state index contributed by atoms with van der Waals surface area (Å²) in [5.41, 5.74) is 1.14. The van der Waals surface area contributed by atoms with Crippen molar-refractivity contribution in [1.82, 2.24) is 0 Å². The van der Waals surface area contributed by atoms with Crippen LogP contribution in [-0.4, -0.2) is 12.6 Å². The van der Waals surface area contributed by atoms with Crippen LogP contribution >= 0.6 is 23.2 Å². The third-order valence-electron chi connectivity index (χ3n) is 4.36. The molecule has 0 aliphatic heterocycles. The van der Waals surface area contributed by atoms with Crippen molar-refractivity contribution in [2.24, 2.45) is 17.3 Å². The normalized spacial score (nSPS) is 27.0. The third-order valence-corrected chi connectivity index (χ3v) is 4.62. The van der Waals surface area contributed by atoms with Crippen LogP contribution in [0.25, 0.3) is 0 Å². The molecule has 3 unspecified atom stereocenters. The van der Waals surface area contributed by atoms with E-state index in [1.165, 1.54) is 5.56 Å². The summed E-state index contributed by atoms with van der Waals surface area (Å²) in [7, 11) is 0. The fourth-order valence-electron chi connectivity index (χ4n) is 3.05. The highest BCUT2D eigenvalue weighted by Gasteiger charge is 2.64. The van der Waals surface area contributed by atoms with Gasteiger partial charge in [-0.3, -0.25) is 4.79 Å². The monoisotopic (exact) mass is 326 g/mol. The molecule has 0 aromatic heterocycles. The minimum atomic E-state index is -0.149. The molecule has 4 heteroatoms. The fraction of sp³-hybridized carbons (Fsp3) is 0.471. The van der Waals surface area contributed by atoms with Crippen molar-refractivity contribution in [1.29, 1.82) is 0 Å². The zero-order valence-electron chi connectivity index (χ0n) is 12.3. The molecule has 2 nitrogen and oxygen atoms in total. The van der Waals surface area contributed by atoms with E-state index in [2.05, 4.69) is 19.1 Å². The van der Waals surface area contributed by atoms with Gasteiger partial charge in [0, 0.05) is 0 Å². The van der Waals surface area contributed by atoms with Crippen LogP contribution in [0.4, 0.5) is 0 Å². The van der Waals surface area contributed by atoms with Crippen molar-refractivity contribution in [2.75, 3.05) is 6.61 Å². The van der Waals surface area contributed by atoms with E-state index in [4.69, 9.17) is 27.9 Å². The fourth-order valence-corrected chi connectivity index (χ4v) is 3.32. The first kappa shape index (κ1) is 16.4. The number of carbonyl (C=O) groups excluding carboxylic acids is 1. The summed E-state index contributed by atoms with van der Waals surface area (Å²) in [6.45, 7) is 4.32. The van der Waals surface area contributed by atoms with Crippen LogP contribution in [0.5, 0.6) is 0 Å². The van der Waals surface area contributed by atoms with Crippen LogP contribution in [-0.2, 0) is 16.0 Å². The van der Waals surface area contributed by atoms with Crippen molar-refractivity contribution in [3.63, 3.8) is 0 Å². The number of carbonyl (C=O) groups is 1. The Morgan fingerprint density at radius 1 is 1.33 bits per heavy atom. The maximum Gasteiger partial charge on any atom is 0.310 e. The number of rotatable bonds is 6. The number of benzene rings is 1. The van der Waals surface area contributed by atoms with Gasteiger partial charge in [-0.25, -0.2) is 0 Å². The molecule has 0 N–H and O–H groups in total. The van der Waals surface area contributed by atoms with Crippen molar-refractivity contribution >= 4 is 29.2 Å². The topological polar surface area (TPSA) is 26.3 Å². The van der Waals surface area contributed by atoms with Gasteiger partial charge in [0.25, 0.3) is 0 Å². The largest absolute Gasteiger partial charge is 0.466 e. The lowest BCUT2D eigenvalue weighted by Crippen LogP contribution is -2.12. The number of esters is 1. The summed E-state index contributed by atoms with van der Waals surface area (Å²) in [6.07, 6.45) is 3.61. The van der Waals surface area contributed by atoms with Gasteiger partial charge in [-0.05, 0) is 42.7 Å². The maximum atomic E-state index is 12.1. The molecule has 1 aliphatic carbocycles. The average molecular weight is 327 g/mol. The lowest BCUT2D eigenvalue weighted by atomic mass is 9.95. The Hall–Kier alpha value is -0.990. The van der Waals surface area contributed by atoms with E-state index in [0.29, 0.717) is 6.61 Å². The summed E-state index contributed by atoms with van der Waals surface area (Å²) in [5.74, 6) is -0.234. The molecule has 1 aromatic carbocycles. The Morgan fingerprint density at radius 2 is 2.00 bits per heavy atom. The molecule has 0 heterocycles. The second kappa shape index (κ2) is 6.85. The number of hydrogen-bond acceptors (Lipinski definition) is 2. The molecule has 114 valence electrons. The highest BCUT2D eigenvalue weighted by atomic mass is 35.5. The Bertz CT molecular complexity index is 523. The first-order valence-corrected chi connectivity index (χ1v) is 7.98. The Kier molecular flexibility index (Phi) is 5.34. The highest BCUT2D eigenvalue weighted by Crippen LogP contribution is 2.63. The third kappa shape index (κ3) is 3.81. The molecule has 1 aliphatic rings. The minimum Gasteiger partial charge on any atom is -0.466 e. The first-order chi connectivity index (χ1) is 9.99. The van der Waals surface area contributed by atoms with Crippen LogP contribution < -0.4 is 0 Å². The molecule has 1 aromatic rings. The summed E-state index contributed by atoms with van der Waals surface area (Å²) in [6, 6.07) is 10.3. The second-order valence-electron chi connectivity index (χ2n) is 5.70. The second-order valence-corrected chi connectivity index (χ2v) is 6.71. The summed E-state index contributed by atoms with van der Waals surface area (Å²) in [4.78, 5) is 12.1. The van der Waals surface area contributed by atoms with Crippen LogP contribution in [0.15, 0.2) is 40.9 Å². The quantitative estimate of drug-likeness (QED) is 0.705. The highest BCUT2D eigenvalue weighted by molar-refractivity contribution is 6.55. The van der Waals surface area contributed by atoms with Crippen molar-refractivity contribution < 1.29 is 9.53 Å². The van der Waals surface area contributed by atoms with E-state index in [-0.39, 0.29) is 27.7 Å². The zero-order valence-corrected chi connectivity index (χ0v) is 13.8. The molecule has 1 saturated carbocycles. The van der Waals surface area contributed by atoms with Crippen molar-refractivity contribution in [3.8, 4) is 0 Å². The summed E-state index contributed by atoms with van der Waals surface area (Å²) < 4.78 is 5.39. The van der Waals surface area contributed by atoms with Gasteiger partial charge in [-0.15, -0.1) is 0 Å². The van der Waals surface area contributed by atoms with Gasteiger partial charge >= 0.3 is 5.97 Å². The maximum absolute atomic E-state index is 12.1. The lowest BCUT2D eigenvalue weighted by Gasteiger charge is -2.11. The number of aryl methyl sites for hydroxylation is 1. The molecular formula is C17H20Cl2O2. The summed E-state index contributed by atoms with van der Waals surface area (Å²) in [5, 5.41) is 0. The molecule has 0 amide bonds. The molecule has 0 bridgehead atoms. The summed E-state index contributed by atoms with van der Waals surface area (Å²) >= 11 is 11.6. The van der Waals surface area contributed by atoms with Gasteiger partial charge in [0.2, 0.25) is 0 Å². The van der Waals surface area contributed by atoms with E-state index >= 15 is 0 Å². The number of hydrogen-bond donors (Lipinski definition) is 0. The van der Waals surface area contributed by atoms with E-state index < -0.39 is 0 Å². The Morgan fingerprint density at radius 3 is 2.57 bits per heavy atom. The Balaban J connectivity index is 2.07. The Labute approximate surface area is 136 Å². The predicted molar refractivity (Wildman–Crippen MR) is 86.3 cm³/mol. The van der Waals surface area contributed by atoms with Crippen LogP contribution in [0.1, 0.15) is 25.8 Å². The van der Waals surface area contributed by atoms with Gasteiger partial charge < -0.3 is 4.74 Å². The smallest absolute Gasteiger partial charge is 0.310 e. The van der Waals surface area contributed by atoms with Gasteiger partial charge in [0.15, 0.2) is 0 Å². The van der Waals surface area contributed by atoms with Crippen LogP contribution in [0.2, 0.25) is 0 Å². The molecule has 0 radical (unpaired) electrons. The molecule has 3 atom stereocenters. The first-order valence-electron chi connectivity index (χ1n) is 7.22. The van der Waals surface area contributed by atoms with Gasteiger partial charge in [-0.2, -0.15) is 0 Å². The van der Waals surface area contributed by atoms with E-state index in [1.54, 1.807) is 6.08 Å². The molecule has 2 rings (SSSR count). The number of halogens is 2. The van der Waals surface area contributed by atoms with E-state index in [9.17, 15) is 4.79 Å². The molecule has 1 fully saturated rings. The van der Waals surface area contributed by atoms with E-state index in [1.807, 2.05) is 25.1 Å². The van der Waals surface area contributed by atoms with Gasteiger partial charge in [-0.1, -0.05) is 60.5 Å². The molecule has 0 spiro atoms. The van der Waals surface area contributed by atoms with Crippen molar-refractivity contribution in [3.05, 3.63) is 46.5 Å². The minimum absolute atomic E-state index is 0.0604. The van der Waals surface area contributed by atoms with E-state index in [0.717, 1.165) is 12.8 Å². The predicted octanol–water partition coefficient (Wildman–Crippen LogP) is 4.75. The molecular weight excluding hydrogens is 307 g/mol. The number of allylic oxidation sites excluding steroid dienone is 1. The lowest BCUT2D eigenvalue weighted by molar-refractivity contribution is -0.145. The van der Waals surface area contributed by atoms with Gasteiger partial charge in [0.1, 0.15) is 4.49 Å². The average Bonchev–Trinajstić information content (AvgIpc) is 3.02.